The van der Waals surface area contributed by atoms with Gasteiger partial charge in [-0.2, -0.15) is 5.26 Å². The molecule has 0 aromatic carbocycles. The number of carbonyl (C=O) groups is 2. The lowest BCUT2D eigenvalue weighted by Crippen LogP contribution is -2.44. The van der Waals surface area contributed by atoms with Gasteiger partial charge < -0.3 is 9.80 Å². The van der Waals surface area contributed by atoms with E-state index >= 15 is 0 Å². The number of hydrogen-bond donors (Lipinski definition) is 0. The van der Waals surface area contributed by atoms with Crippen LogP contribution in [0.25, 0.3) is 0 Å². The Kier molecular flexibility index (Phi) is 5.66. The highest BCUT2D eigenvalue weighted by Gasteiger charge is 2.31. The van der Waals surface area contributed by atoms with Crippen molar-refractivity contribution in [3.8, 4) is 6.07 Å². The van der Waals surface area contributed by atoms with Gasteiger partial charge in [-0.15, -0.1) is 0 Å². The molecule has 0 heterocycles. The second-order valence-electron chi connectivity index (χ2n) is 4.46. The molecule has 0 unspecified atom stereocenters. The minimum Gasteiger partial charge on any atom is -0.342 e. The van der Waals surface area contributed by atoms with Crippen LogP contribution < -0.4 is 0 Å². The summed E-state index contributed by atoms with van der Waals surface area (Å²) in [6.45, 7) is 8.15. The monoisotopic (exact) mass is 239 g/mol. The number of carbonyl (C=O) groups excluding carboxylic acids is 2. The average molecular weight is 239 g/mol. The summed E-state index contributed by atoms with van der Waals surface area (Å²) in [6.07, 6.45) is 0. The predicted octanol–water partition coefficient (Wildman–Crippen LogP) is 0.863. The third-order valence-electron chi connectivity index (χ3n) is 2.65. The van der Waals surface area contributed by atoms with E-state index in [0.717, 1.165) is 0 Å². The maximum atomic E-state index is 11.9. The standard InChI is InChI=1S/C12H21N3O2/c1-6-15(7-2)10(16)8-14(5)11(17)12(3,4)9-13/h6-8H2,1-5H3. The van der Waals surface area contributed by atoms with Crippen molar-refractivity contribution in [2.24, 2.45) is 5.41 Å². The minimum atomic E-state index is -1.09. The maximum absolute atomic E-state index is 11.9. The number of likely N-dealkylation sites (N-methyl/N-ethyl adjacent to an activating group) is 2. The quantitative estimate of drug-likeness (QED) is 0.715. The largest absolute Gasteiger partial charge is 0.342 e. The Morgan fingerprint density at radius 3 is 2.06 bits per heavy atom. The van der Waals surface area contributed by atoms with Crippen LogP contribution in [0.1, 0.15) is 27.7 Å². The van der Waals surface area contributed by atoms with Gasteiger partial charge in [0.2, 0.25) is 11.8 Å². The molecule has 0 fully saturated rings. The summed E-state index contributed by atoms with van der Waals surface area (Å²) in [7, 11) is 1.54. The lowest BCUT2D eigenvalue weighted by Gasteiger charge is -2.26. The molecule has 0 bridgehead atoms. The molecule has 0 atom stereocenters. The van der Waals surface area contributed by atoms with Crippen molar-refractivity contribution in [1.29, 1.82) is 5.26 Å². The molecule has 0 aliphatic carbocycles. The molecule has 0 rings (SSSR count). The van der Waals surface area contributed by atoms with Gasteiger partial charge >= 0.3 is 0 Å². The van der Waals surface area contributed by atoms with Crippen molar-refractivity contribution in [3.63, 3.8) is 0 Å². The van der Waals surface area contributed by atoms with Crippen molar-refractivity contribution in [2.75, 3.05) is 26.7 Å². The van der Waals surface area contributed by atoms with E-state index < -0.39 is 5.41 Å². The lowest BCUT2D eigenvalue weighted by atomic mass is 9.94. The molecule has 0 saturated carbocycles. The second kappa shape index (κ2) is 6.24. The SMILES string of the molecule is CCN(CC)C(=O)CN(C)C(=O)C(C)(C)C#N. The van der Waals surface area contributed by atoms with Crippen LogP contribution in [0.5, 0.6) is 0 Å². The fraction of sp³-hybridized carbons (Fsp3) is 0.750. The van der Waals surface area contributed by atoms with Gasteiger partial charge in [0.15, 0.2) is 0 Å². The highest BCUT2D eigenvalue weighted by molar-refractivity contribution is 5.88. The van der Waals surface area contributed by atoms with E-state index in [2.05, 4.69) is 0 Å². The van der Waals surface area contributed by atoms with E-state index in [1.54, 1.807) is 25.8 Å². The van der Waals surface area contributed by atoms with Crippen molar-refractivity contribution in [2.45, 2.75) is 27.7 Å². The van der Waals surface area contributed by atoms with Crippen LogP contribution in [0, 0.1) is 16.7 Å². The van der Waals surface area contributed by atoms with E-state index in [9.17, 15) is 9.59 Å². The topological polar surface area (TPSA) is 64.4 Å². The van der Waals surface area contributed by atoms with Crippen molar-refractivity contribution in [3.05, 3.63) is 0 Å². The Bertz CT molecular complexity index is 327. The minimum absolute atomic E-state index is 0.0195. The van der Waals surface area contributed by atoms with E-state index in [4.69, 9.17) is 5.26 Å². The third kappa shape index (κ3) is 4.06. The zero-order valence-electron chi connectivity index (χ0n) is 11.3. The number of rotatable bonds is 5. The highest BCUT2D eigenvalue weighted by Crippen LogP contribution is 2.16. The first-order valence-corrected chi connectivity index (χ1v) is 5.74. The zero-order valence-corrected chi connectivity index (χ0v) is 11.3. The van der Waals surface area contributed by atoms with Crippen LogP contribution in [0.4, 0.5) is 0 Å². The molecular weight excluding hydrogens is 218 g/mol. The molecular formula is C12H21N3O2. The number of nitriles is 1. The number of nitrogens with zero attached hydrogens (tertiary/aromatic N) is 3. The number of hydrogen-bond acceptors (Lipinski definition) is 3. The smallest absolute Gasteiger partial charge is 0.242 e. The fourth-order valence-electron chi connectivity index (χ4n) is 1.48. The zero-order chi connectivity index (χ0) is 13.6. The molecule has 2 amide bonds. The molecule has 5 nitrogen and oxygen atoms in total. The fourth-order valence-corrected chi connectivity index (χ4v) is 1.48. The van der Waals surface area contributed by atoms with E-state index in [0.29, 0.717) is 13.1 Å². The van der Waals surface area contributed by atoms with E-state index in [1.165, 1.54) is 4.90 Å². The Balaban J connectivity index is 4.57. The van der Waals surface area contributed by atoms with Crippen LogP contribution in [-0.2, 0) is 9.59 Å². The maximum Gasteiger partial charge on any atom is 0.242 e. The molecule has 0 radical (unpaired) electrons. The summed E-state index contributed by atoms with van der Waals surface area (Å²) < 4.78 is 0. The van der Waals surface area contributed by atoms with Gasteiger partial charge in [-0.25, -0.2) is 0 Å². The first kappa shape index (κ1) is 15.4. The molecule has 0 aromatic rings. The molecule has 0 N–H and O–H groups in total. The molecule has 0 aliphatic rings. The van der Waals surface area contributed by atoms with Crippen LogP contribution in [0.2, 0.25) is 0 Å². The van der Waals surface area contributed by atoms with Crippen LogP contribution in [-0.4, -0.2) is 48.3 Å². The summed E-state index contributed by atoms with van der Waals surface area (Å²) in [5, 5.41) is 8.86. The van der Waals surface area contributed by atoms with Crippen LogP contribution in [0.3, 0.4) is 0 Å². The summed E-state index contributed by atoms with van der Waals surface area (Å²) in [5.74, 6) is -0.430. The van der Waals surface area contributed by atoms with Crippen molar-refractivity contribution >= 4 is 11.8 Å². The Morgan fingerprint density at radius 2 is 1.71 bits per heavy atom. The van der Waals surface area contributed by atoms with Gasteiger partial charge in [0.25, 0.3) is 0 Å². The summed E-state index contributed by atoms with van der Waals surface area (Å²) >= 11 is 0. The van der Waals surface area contributed by atoms with Gasteiger partial charge in [0.1, 0.15) is 5.41 Å². The second-order valence-corrected chi connectivity index (χ2v) is 4.46. The van der Waals surface area contributed by atoms with Crippen LogP contribution >= 0.6 is 0 Å². The van der Waals surface area contributed by atoms with Gasteiger partial charge in [-0.05, 0) is 27.7 Å². The summed E-state index contributed by atoms with van der Waals surface area (Å²) in [5.41, 5.74) is -1.09. The molecule has 0 aromatic heterocycles. The van der Waals surface area contributed by atoms with Gasteiger partial charge in [-0.1, -0.05) is 0 Å². The van der Waals surface area contributed by atoms with Gasteiger partial charge in [0, 0.05) is 20.1 Å². The predicted molar refractivity (Wildman–Crippen MR) is 65.0 cm³/mol. The lowest BCUT2D eigenvalue weighted by molar-refractivity contribution is -0.142. The normalized spacial score (nSPS) is 10.6. The molecule has 17 heavy (non-hydrogen) atoms. The number of amides is 2. The Hall–Kier alpha value is -1.57. The van der Waals surface area contributed by atoms with Crippen LogP contribution in [0.15, 0.2) is 0 Å². The van der Waals surface area contributed by atoms with Gasteiger partial charge in [-0.3, -0.25) is 9.59 Å². The molecule has 96 valence electrons. The molecule has 0 saturated heterocycles. The Morgan fingerprint density at radius 1 is 1.24 bits per heavy atom. The third-order valence-corrected chi connectivity index (χ3v) is 2.65. The summed E-state index contributed by atoms with van der Waals surface area (Å²) in [6, 6.07) is 1.94. The molecule has 0 aliphatic heterocycles. The van der Waals surface area contributed by atoms with E-state index in [1.807, 2.05) is 19.9 Å². The average Bonchev–Trinajstić information content (AvgIpc) is 2.29. The van der Waals surface area contributed by atoms with Crippen molar-refractivity contribution < 1.29 is 9.59 Å². The van der Waals surface area contributed by atoms with Crippen molar-refractivity contribution in [1.82, 2.24) is 9.80 Å². The first-order valence-electron chi connectivity index (χ1n) is 5.74. The van der Waals surface area contributed by atoms with E-state index in [-0.39, 0.29) is 18.4 Å². The highest BCUT2D eigenvalue weighted by atomic mass is 16.2. The molecule has 0 spiro atoms. The first-order chi connectivity index (χ1) is 7.80. The molecule has 5 heteroatoms. The summed E-state index contributed by atoms with van der Waals surface area (Å²) in [4.78, 5) is 26.6. The Labute approximate surface area is 103 Å². The van der Waals surface area contributed by atoms with Gasteiger partial charge in [0.05, 0.1) is 12.6 Å².